The maximum atomic E-state index is 13.9. The predicted molar refractivity (Wildman–Crippen MR) is 134 cm³/mol. The van der Waals surface area contributed by atoms with Crippen LogP contribution in [0, 0.1) is 5.92 Å². The van der Waals surface area contributed by atoms with Crippen molar-refractivity contribution in [3.63, 3.8) is 0 Å². The number of rotatable bonds is 8. The first-order chi connectivity index (χ1) is 15.9. The van der Waals surface area contributed by atoms with Crippen molar-refractivity contribution >= 4 is 50.8 Å². The van der Waals surface area contributed by atoms with Gasteiger partial charge >= 0.3 is 0 Å². The van der Waals surface area contributed by atoms with Gasteiger partial charge < -0.3 is 14.8 Å². The van der Waals surface area contributed by atoms with Gasteiger partial charge in [-0.3, -0.25) is 14.2 Å². The third kappa shape index (κ3) is 5.06. The van der Waals surface area contributed by atoms with E-state index in [1.54, 1.807) is 43.8 Å². The van der Waals surface area contributed by atoms with Crippen LogP contribution >= 0.6 is 34.7 Å². The van der Waals surface area contributed by atoms with Crippen LogP contribution in [0.3, 0.4) is 0 Å². The first-order valence-electron chi connectivity index (χ1n) is 10.7. The number of nitrogens with one attached hydrogen (secondary N) is 1. The molecule has 3 aromatic rings. The number of thioether (sulfide) groups is 1. The molecule has 7 nitrogen and oxygen atoms in total. The Morgan fingerprint density at radius 3 is 2.97 bits per heavy atom. The molecule has 1 aromatic carbocycles. The van der Waals surface area contributed by atoms with E-state index in [9.17, 15) is 9.59 Å². The zero-order valence-electron chi connectivity index (χ0n) is 18.8. The number of carbonyl (C=O) groups is 1. The molecule has 0 aliphatic heterocycles. The number of methoxy groups -OCH3 is 2. The minimum absolute atomic E-state index is 0.118. The maximum absolute atomic E-state index is 13.9. The van der Waals surface area contributed by atoms with Crippen molar-refractivity contribution in [3.05, 3.63) is 44.0 Å². The molecular weight excluding hydrogens is 482 g/mol. The summed E-state index contributed by atoms with van der Waals surface area (Å²) in [5, 5.41) is 4.37. The Bertz CT molecular complexity index is 1240. The monoisotopic (exact) mass is 507 g/mol. The molecule has 4 rings (SSSR count). The number of aromatic nitrogens is 2. The van der Waals surface area contributed by atoms with Gasteiger partial charge in [-0.05, 0) is 48.9 Å². The molecular formula is C23H26ClN3O4S2. The van der Waals surface area contributed by atoms with Crippen molar-refractivity contribution in [1.29, 1.82) is 0 Å². The van der Waals surface area contributed by atoms with Crippen molar-refractivity contribution in [2.45, 2.75) is 31.3 Å². The van der Waals surface area contributed by atoms with Gasteiger partial charge in [-0.2, -0.15) is 0 Å². The quantitative estimate of drug-likeness (QED) is 0.281. The maximum Gasteiger partial charge on any atom is 0.267 e. The van der Waals surface area contributed by atoms with Crippen LogP contribution in [0.5, 0.6) is 5.75 Å². The van der Waals surface area contributed by atoms with E-state index in [2.05, 4.69) is 12.2 Å². The standard InChI is InChI=1S/C23H26ClN3O4S2/c1-13-4-6-15-18(10-13)33-21-20(15)22(29)27(16-11-14(24)5-7-17(16)31-3)23(26-21)32-12-19(28)25-8-9-30-2/h5,7,11,13H,4,6,8-10,12H2,1-3H3,(H,25,28). The summed E-state index contributed by atoms with van der Waals surface area (Å²) in [5.41, 5.74) is 1.46. The summed E-state index contributed by atoms with van der Waals surface area (Å²) in [7, 11) is 3.13. The number of ether oxygens (including phenoxy) is 2. The fraction of sp³-hybridized carbons (Fsp3) is 0.435. The molecule has 1 atom stereocenters. The molecule has 0 fully saturated rings. The molecule has 1 unspecified atom stereocenters. The van der Waals surface area contributed by atoms with E-state index >= 15 is 0 Å². The second-order valence-electron chi connectivity index (χ2n) is 8.01. The van der Waals surface area contributed by atoms with Gasteiger partial charge in [0.25, 0.3) is 5.56 Å². The molecule has 0 bridgehead atoms. The van der Waals surface area contributed by atoms with Gasteiger partial charge in [-0.25, -0.2) is 4.98 Å². The number of fused-ring (bicyclic) bond motifs is 3. The summed E-state index contributed by atoms with van der Waals surface area (Å²) in [6, 6.07) is 5.13. The molecule has 1 N–H and O–H groups in total. The number of nitrogens with zero attached hydrogens (tertiary/aromatic N) is 2. The number of hydrogen-bond acceptors (Lipinski definition) is 7. The molecule has 33 heavy (non-hydrogen) atoms. The van der Waals surface area contributed by atoms with Crippen LogP contribution in [0.2, 0.25) is 5.02 Å². The highest BCUT2D eigenvalue weighted by molar-refractivity contribution is 7.99. The van der Waals surface area contributed by atoms with Crippen LogP contribution in [-0.4, -0.2) is 48.6 Å². The average molecular weight is 508 g/mol. The SMILES string of the molecule is COCCNC(=O)CSc1nc2sc3c(c2c(=O)n1-c1cc(Cl)ccc1OC)CCC(C)C3. The van der Waals surface area contributed by atoms with E-state index in [4.69, 9.17) is 26.1 Å². The van der Waals surface area contributed by atoms with Crippen molar-refractivity contribution in [3.8, 4) is 11.4 Å². The van der Waals surface area contributed by atoms with E-state index in [0.717, 1.165) is 29.7 Å². The fourth-order valence-corrected chi connectivity index (χ4v) is 6.42. The highest BCUT2D eigenvalue weighted by Crippen LogP contribution is 2.38. The van der Waals surface area contributed by atoms with E-state index in [-0.39, 0.29) is 17.2 Å². The Labute approximate surface area is 205 Å². The van der Waals surface area contributed by atoms with Gasteiger partial charge in [-0.15, -0.1) is 11.3 Å². The van der Waals surface area contributed by atoms with Gasteiger partial charge in [-0.1, -0.05) is 30.3 Å². The summed E-state index contributed by atoms with van der Waals surface area (Å²) >= 11 is 9.09. The topological polar surface area (TPSA) is 82.5 Å². The number of halogens is 1. The molecule has 10 heteroatoms. The number of carbonyl (C=O) groups excluding carboxylic acids is 1. The molecule has 0 saturated heterocycles. The molecule has 2 heterocycles. The van der Waals surface area contributed by atoms with Crippen LogP contribution in [0.15, 0.2) is 28.2 Å². The van der Waals surface area contributed by atoms with Crippen LogP contribution in [-0.2, 0) is 22.4 Å². The lowest BCUT2D eigenvalue weighted by Gasteiger charge is -2.18. The summed E-state index contributed by atoms with van der Waals surface area (Å²) in [4.78, 5) is 33.0. The zero-order valence-corrected chi connectivity index (χ0v) is 21.2. The molecule has 176 valence electrons. The largest absolute Gasteiger partial charge is 0.495 e. The minimum Gasteiger partial charge on any atom is -0.495 e. The molecule has 1 aliphatic rings. The number of hydrogen-bond donors (Lipinski definition) is 1. The second kappa shape index (κ2) is 10.5. The highest BCUT2D eigenvalue weighted by Gasteiger charge is 2.26. The minimum atomic E-state index is -0.157. The second-order valence-corrected chi connectivity index (χ2v) is 10.5. The Morgan fingerprint density at radius 1 is 1.39 bits per heavy atom. The van der Waals surface area contributed by atoms with Crippen molar-refractivity contribution < 1.29 is 14.3 Å². The molecule has 1 aliphatic carbocycles. The Kier molecular flexibility index (Phi) is 7.63. The lowest BCUT2D eigenvalue weighted by atomic mass is 9.89. The van der Waals surface area contributed by atoms with Crippen LogP contribution in [0.4, 0.5) is 0 Å². The van der Waals surface area contributed by atoms with Gasteiger partial charge in [0.1, 0.15) is 10.6 Å². The van der Waals surface area contributed by atoms with Gasteiger partial charge in [0.15, 0.2) is 5.16 Å². The molecule has 1 amide bonds. The summed E-state index contributed by atoms with van der Waals surface area (Å²) in [5.74, 6) is 1.06. The summed E-state index contributed by atoms with van der Waals surface area (Å²) in [6.07, 6.45) is 2.88. The van der Waals surface area contributed by atoms with Gasteiger partial charge in [0, 0.05) is 23.6 Å². The highest BCUT2D eigenvalue weighted by atomic mass is 35.5. The predicted octanol–water partition coefficient (Wildman–Crippen LogP) is 4.09. The number of aryl methyl sites for hydroxylation is 1. The lowest BCUT2D eigenvalue weighted by molar-refractivity contribution is -0.118. The van der Waals surface area contributed by atoms with Crippen molar-refractivity contribution in [2.24, 2.45) is 5.92 Å². The molecule has 0 radical (unpaired) electrons. The van der Waals surface area contributed by atoms with E-state index in [1.807, 2.05) is 0 Å². The molecule has 0 spiro atoms. The molecule has 0 saturated carbocycles. The van der Waals surface area contributed by atoms with Crippen LogP contribution < -0.4 is 15.6 Å². The third-order valence-corrected chi connectivity index (χ3v) is 7.96. The third-order valence-electron chi connectivity index (χ3n) is 5.64. The average Bonchev–Trinajstić information content (AvgIpc) is 3.15. The normalized spacial score (nSPS) is 15.5. The van der Waals surface area contributed by atoms with E-state index in [0.29, 0.717) is 46.1 Å². The number of benzene rings is 1. The van der Waals surface area contributed by atoms with Crippen molar-refractivity contribution in [1.82, 2.24) is 14.9 Å². The Hall–Kier alpha value is -2.07. The van der Waals surface area contributed by atoms with E-state index in [1.165, 1.54) is 21.2 Å². The zero-order chi connectivity index (χ0) is 23.5. The summed E-state index contributed by atoms with van der Waals surface area (Å²) in [6.45, 7) is 3.09. The Balaban J connectivity index is 1.83. The number of thiophene rings is 1. The Morgan fingerprint density at radius 2 is 2.21 bits per heavy atom. The summed E-state index contributed by atoms with van der Waals surface area (Å²) < 4.78 is 12.0. The first-order valence-corrected chi connectivity index (χ1v) is 12.9. The fourth-order valence-electron chi connectivity index (χ4n) is 3.99. The lowest BCUT2D eigenvalue weighted by Crippen LogP contribution is -2.29. The van der Waals surface area contributed by atoms with Crippen LogP contribution in [0.25, 0.3) is 15.9 Å². The first kappa shape index (κ1) is 24.1. The number of amides is 1. The van der Waals surface area contributed by atoms with Crippen LogP contribution in [0.1, 0.15) is 23.8 Å². The van der Waals surface area contributed by atoms with E-state index < -0.39 is 0 Å². The van der Waals surface area contributed by atoms with Gasteiger partial charge in [0.2, 0.25) is 5.91 Å². The smallest absolute Gasteiger partial charge is 0.267 e. The van der Waals surface area contributed by atoms with Gasteiger partial charge in [0.05, 0.1) is 30.5 Å². The van der Waals surface area contributed by atoms with Crippen molar-refractivity contribution in [2.75, 3.05) is 33.1 Å². The molecule has 2 aromatic heterocycles.